The van der Waals surface area contributed by atoms with Crippen LogP contribution in [0.25, 0.3) is 0 Å². The van der Waals surface area contributed by atoms with Crippen LogP contribution < -0.4 is 0 Å². The Labute approximate surface area is 128 Å². The molecular formula is C15H20BrNO3. The van der Waals surface area contributed by atoms with E-state index in [0.717, 1.165) is 10.0 Å². The van der Waals surface area contributed by atoms with Crippen molar-refractivity contribution in [2.45, 2.75) is 19.4 Å². The highest BCUT2D eigenvalue weighted by Gasteiger charge is 2.24. The Morgan fingerprint density at radius 2 is 2.20 bits per heavy atom. The van der Waals surface area contributed by atoms with E-state index in [9.17, 15) is 4.79 Å². The number of hydrogen-bond acceptors (Lipinski definition) is 3. The van der Waals surface area contributed by atoms with E-state index in [-0.39, 0.29) is 12.0 Å². The molecule has 1 fully saturated rings. The molecule has 0 radical (unpaired) electrons. The van der Waals surface area contributed by atoms with Crippen molar-refractivity contribution in [3.63, 3.8) is 0 Å². The van der Waals surface area contributed by atoms with E-state index in [1.165, 1.54) is 0 Å². The molecule has 0 N–H and O–H groups in total. The molecule has 0 unspecified atom stereocenters. The summed E-state index contributed by atoms with van der Waals surface area (Å²) in [7, 11) is 0. The molecule has 0 aliphatic carbocycles. The van der Waals surface area contributed by atoms with Crippen LogP contribution in [0.3, 0.4) is 0 Å². The lowest BCUT2D eigenvalue weighted by Gasteiger charge is -2.33. The maximum absolute atomic E-state index is 12.1. The van der Waals surface area contributed by atoms with Crippen molar-refractivity contribution in [2.24, 2.45) is 0 Å². The number of carbonyl (C=O) groups is 1. The number of hydrogen-bond donors (Lipinski definition) is 0. The molecule has 1 aromatic carbocycles. The molecule has 1 amide bonds. The Morgan fingerprint density at radius 1 is 1.45 bits per heavy atom. The van der Waals surface area contributed by atoms with Crippen LogP contribution in [0, 0.1) is 0 Å². The van der Waals surface area contributed by atoms with Gasteiger partial charge in [0.15, 0.2) is 0 Å². The van der Waals surface area contributed by atoms with E-state index in [1.807, 2.05) is 36.1 Å². The van der Waals surface area contributed by atoms with Gasteiger partial charge in [-0.25, -0.2) is 0 Å². The fraction of sp³-hybridized carbons (Fsp3) is 0.533. The minimum atomic E-state index is -0.0344. The Balaban J connectivity index is 1.91. The average Bonchev–Trinajstić information content (AvgIpc) is 2.48. The Hall–Kier alpha value is -0.910. The lowest BCUT2D eigenvalue weighted by atomic mass is 10.1. The van der Waals surface area contributed by atoms with Crippen molar-refractivity contribution >= 4 is 21.8 Å². The highest BCUT2D eigenvalue weighted by atomic mass is 79.9. The first kappa shape index (κ1) is 15.5. The molecule has 0 saturated carbocycles. The first-order valence-electron chi connectivity index (χ1n) is 6.93. The van der Waals surface area contributed by atoms with Crippen LogP contribution in [0.15, 0.2) is 28.7 Å². The van der Waals surface area contributed by atoms with Crippen LogP contribution in [-0.4, -0.2) is 43.7 Å². The fourth-order valence-corrected chi connectivity index (χ4v) is 2.48. The molecule has 4 nitrogen and oxygen atoms in total. The van der Waals surface area contributed by atoms with Crippen LogP contribution in [0.4, 0.5) is 0 Å². The van der Waals surface area contributed by atoms with E-state index in [2.05, 4.69) is 15.9 Å². The second-order valence-corrected chi connectivity index (χ2v) is 5.61. The number of morpholine rings is 1. The molecule has 0 spiro atoms. The molecule has 1 aromatic rings. The first-order valence-corrected chi connectivity index (χ1v) is 7.72. The quantitative estimate of drug-likeness (QED) is 0.773. The third-order valence-corrected chi connectivity index (χ3v) is 3.85. The Bertz CT molecular complexity index is 435. The van der Waals surface area contributed by atoms with Crippen molar-refractivity contribution in [3.8, 4) is 0 Å². The standard InChI is InChI=1S/C15H20BrNO3/c1-2-19-9-7-15(18)17-8-10-20-14(11-17)12-3-5-13(16)6-4-12/h3-6,14H,2,7-11H2,1H3/t14-/m0/s1. The number of nitrogens with zero attached hydrogens (tertiary/aromatic N) is 1. The highest BCUT2D eigenvalue weighted by Crippen LogP contribution is 2.24. The van der Waals surface area contributed by atoms with E-state index in [4.69, 9.17) is 9.47 Å². The van der Waals surface area contributed by atoms with Crippen LogP contribution in [0.2, 0.25) is 0 Å². The molecule has 110 valence electrons. The molecule has 1 aliphatic rings. The van der Waals surface area contributed by atoms with Gasteiger partial charge in [0.05, 0.1) is 26.2 Å². The van der Waals surface area contributed by atoms with E-state index >= 15 is 0 Å². The largest absolute Gasteiger partial charge is 0.381 e. The van der Waals surface area contributed by atoms with Crippen molar-refractivity contribution in [1.29, 1.82) is 0 Å². The topological polar surface area (TPSA) is 38.8 Å². The smallest absolute Gasteiger partial charge is 0.225 e. The molecule has 20 heavy (non-hydrogen) atoms. The summed E-state index contributed by atoms with van der Waals surface area (Å²) < 4.78 is 12.0. The molecule has 2 rings (SSSR count). The van der Waals surface area contributed by atoms with E-state index < -0.39 is 0 Å². The highest BCUT2D eigenvalue weighted by molar-refractivity contribution is 9.10. The third-order valence-electron chi connectivity index (χ3n) is 3.33. The van der Waals surface area contributed by atoms with Gasteiger partial charge in [-0.15, -0.1) is 0 Å². The van der Waals surface area contributed by atoms with Crippen LogP contribution in [0.1, 0.15) is 25.0 Å². The average molecular weight is 342 g/mol. The van der Waals surface area contributed by atoms with Gasteiger partial charge in [0.25, 0.3) is 0 Å². The predicted octanol–water partition coefficient (Wildman–Crippen LogP) is 2.78. The second kappa shape index (κ2) is 7.76. The summed E-state index contributed by atoms with van der Waals surface area (Å²) in [6.45, 7) is 4.95. The van der Waals surface area contributed by atoms with E-state index in [0.29, 0.717) is 39.3 Å². The number of rotatable bonds is 5. The lowest BCUT2D eigenvalue weighted by Crippen LogP contribution is -2.42. The maximum Gasteiger partial charge on any atom is 0.225 e. The van der Waals surface area contributed by atoms with Crippen molar-refractivity contribution in [2.75, 3.05) is 32.9 Å². The lowest BCUT2D eigenvalue weighted by molar-refractivity contribution is -0.140. The molecule has 0 bridgehead atoms. The summed E-state index contributed by atoms with van der Waals surface area (Å²) >= 11 is 3.42. The van der Waals surface area contributed by atoms with Gasteiger partial charge in [0.2, 0.25) is 5.91 Å². The molecule has 1 saturated heterocycles. The van der Waals surface area contributed by atoms with Gasteiger partial charge in [-0.3, -0.25) is 4.79 Å². The predicted molar refractivity (Wildman–Crippen MR) is 80.5 cm³/mol. The zero-order chi connectivity index (χ0) is 14.4. The van der Waals surface area contributed by atoms with Crippen molar-refractivity contribution in [3.05, 3.63) is 34.3 Å². The van der Waals surface area contributed by atoms with Crippen molar-refractivity contribution in [1.82, 2.24) is 4.90 Å². The van der Waals surface area contributed by atoms with Gasteiger partial charge in [-0.2, -0.15) is 0 Å². The maximum atomic E-state index is 12.1. The third kappa shape index (κ3) is 4.30. The zero-order valence-corrected chi connectivity index (χ0v) is 13.3. The van der Waals surface area contributed by atoms with Gasteiger partial charge in [0.1, 0.15) is 6.10 Å². The summed E-state index contributed by atoms with van der Waals surface area (Å²) in [5.74, 6) is 0.142. The Morgan fingerprint density at radius 3 is 2.90 bits per heavy atom. The van der Waals surface area contributed by atoms with Gasteiger partial charge in [-0.1, -0.05) is 28.1 Å². The monoisotopic (exact) mass is 341 g/mol. The van der Waals surface area contributed by atoms with Gasteiger partial charge >= 0.3 is 0 Å². The summed E-state index contributed by atoms with van der Waals surface area (Å²) in [6.07, 6.45) is 0.411. The van der Waals surface area contributed by atoms with Gasteiger partial charge < -0.3 is 14.4 Å². The zero-order valence-electron chi connectivity index (χ0n) is 11.7. The first-order chi connectivity index (χ1) is 9.70. The minimum Gasteiger partial charge on any atom is -0.381 e. The Kier molecular flexibility index (Phi) is 6.01. The molecule has 1 atom stereocenters. The summed E-state index contributed by atoms with van der Waals surface area (Å²) in [6, 6.07) is 8.05. The summed E-state index contributed by atoms with van der Waals surface area (Å²) in [5, 5.41) is 0. The van der Waals surface area contributed by atoms with Gasteiger partial charge in [0, 0.05) is 17.6 Å². The summed E-state index contributed by atoms with van der Waals surface area (Å²) in [5.41, 5.74) is 1.11. The van der Waals surface area contributed by atoms with Crippen LogP contribution >= 0.6 is 15.9 Å². The molecular weight excluding hydrogens is 322 g/mol. The SMILES string of the molecule is CCOCCC(=O)N1CCO[C@H](c2ccc(Br)cc2)C1. The number of benzene rings is 1. The number of ether oxygens (including phenoxy) is 2. The van der Waals surface area contributed by atoms with Crippen molar-refractivity contribution < 1.29 is 14.3 Å². The normalized spacial score (nSPS) is 19.1. The fourth-order valence-electron chi connectivity index (χ4n) is 2.22. The molecule has 1 aliphatic heterocycles. The van der Waals surface area contributed by atoms with Crippen LogP contribution in [-0.2, 0) is 14.3 Å². The molecule has 1 heterocycles. The van der Waals surface area contributed by atoms with Crippen LogP contribution in [0.5, 0.6) is 0 Å². The number of halogens is 1. The molecule has 0 aromatic heterocycles. The molecule has 5 heteroatoms. The minimum absolute atomic E-state index is 0.0344. The van der Waals surface area contributed by atoms with Gasteiger partial charge in [-0.05, 0) is 24.6 Å². The number of carbonyl (C=O) groups excluding carboxylic acids is 1. The van der Waals surface area contributed by atoms with E-state index in [1.54, 1.807) is 0 Å². The summed E-state index contributed by atoms with van der Waals surface area (Å²) in [4.78, 5) is 14.0. The second-order valence-electron chi connectivity index (χ2n) is 4.70. The number of amides is 1.